The molecular formula is C12H24N2O. The molecule has 1 aliphatic heterocycles. The van der Waals surface area contributed by atoms with Crippen LogP contribution in [0.25, 0.3) is 0 Å². The second kappa shape index (κ2) is 4.40. The monoisotopic (exact) mass is 212 g/mol. The van der Waals surface area contributed by atoms with Crippen LogP contribution in [-0.4, -0.2) is 52.9 Å². The summed E-state index contributed by atoms with van der Waals surface area (Å²) in [5.74, 6) is 0. The van der Waals surface area contributed by atoms with Crippen molar-refractivity contribution in [2.24, 2.45) is 0 Å². The van der Waals surface area contributed by atoms with Crippen molar-refractivity contribution in [2.45, 2.75) is 51.3 Å². The molecule has 0 aromatic heterocycles. The number of hydrogen-bond donors (Lipinski definition) is 1. The van der Waals surface area contributed by atoms with Crippen LogP contribution >= 0.6 is 0 Å². The molecule has 1 saturated carbocycles. The Bertz CT molecular complexity index is 216. The number of nitrogens with zero attached hydrogens (tertiary/aromatic N) is 2. The van der Waals surface area contributed by atoms with Crippen molar-refractivity contribution in [1.82, 2.24) is 9.80 Å². The summed E-state index contributed by atoms with van der Waals surface area (Å²) in [5.41, 5.74) is 0.449. The van der Waals surface area contributed by atoms with Crippen LogP contribution in [0.2, 0.25) is 0 Å². The molecule has 2 aliphatic rings. The number of rotatable bonds is 4. The standard InChI is InChI=1S/C12H24N2O/c1-3-7-14-9-8-13(11(15)4-2)10-12(14)5-6-12/h11,15H,3-10H2,1-2H3. The first-order valence-electron chi connectivity index (χ1n) is 6.39. The van der Waals surface area contributed by atoms with E-state index in [-0.39, 0.29) is 6.23 Å². The second-order valence-electron chi connectivity index (χ2n) is 5.07. The molecule has 0 aromatic rings. The summed E-state index contributed by atoms with van der Waals surface area (Å²) in [6.45, 7) is 8.81. The van der Waals surface area contributed by atoms with E-state index in [1.54, 1.807) is 0 Å². The molecule has 1 atom stereocenters. The van der Waals surface area contributed by atoms with Crippen LogP contribution < -0.4 is 0 Å². The van der Waals surface area contributed by atoms with Gasteiger partial charge < -0.3 is 5.11 Å². The van der Waals surface area contributed by atoms with Crippen LogP contribution in [0, 0.1) is 0 Å². The predicted octanol–water partition coefficient (Wildman–Crippen LogP) is 1.27. The highest BCUT2D eigenvalue weighted by Gasteiger charge is 2.51. The van der Waals surface area contributed by atoms with Gasteiger partial charge in [0.15, 0.2) is 0 Å². The Hall–Kier alpha value is -0.120. The highest BCUT2D eigenvalue weighted by atomic mass is 16.3. The molecule has 1 heterocycles. The molecule has 0 amide bonds. The van der Waals surface area contributed by atoms with Gasteiger partial charge in [-0.1, -0.05) is 13.8 Å². The normalized spacial score (nSPS) is 28.2. The van der Waals surface area contributed by atoms with E-state index >= 15 is 0 Å². The number of aliphatic hydroxyl groups is 1. The van der Waals surface area contributed by atoms with Crippen LogP contribution in [-0.2, 0) is 0 Å². The van der Waals surface area contributed by atoms with E-state index in [2.05, 4.69) is 23.6 Å². The van der Waals surface area contributed by atoms with Gasteiger partial charge in [-0.05, 0) is 32.2 Å². The highest BCUT2D eigenvalue weighted by Crippen LogP contribution is 2.44. The maximum absolute atomic E-state index is 9.87. The van der Waals surface area contributed by atoms with Gasteiger partial charge in [-0.2, -0.15) is 0 Å². The van der Waals surface area contributed by atoms with Gasteiger partial charge in [-0.15, -0.1) is 0 Å². The Morgan fingerprint density at radius 3 is 2.53 bits per heavy atom. The molecule has 88 valence electrons. The van der Waals surface area contributed by atoms with E-state index in [4.69, 9.17) is 0 Å². The molecule has 3 heteroatoms. The van der Waals surface area contributed by atoms with Gasteiger partial charge in [0.05, 0.1) is 0 Å². The molecule has 0 radical (unpaired) electrons. The molecule has 0 aromatic carbocycles. The van der Waals surface area contributed by atoms with Crippen molar-refractivity contribution in [3.63, 3.8) is 0 Å². The first kappa shape index (κ1) is 11.4. The van der Waals surface area contributed by atoms with Gasteiger partial charge in [0.2, 0.25) is 0 Å². The fourth-order valence-electron chi connectivity index (χ4n) is 2.79. The average Bonchev–Trinajstić information content (AvgIpc) is 3.01. The largest absolute Gasteiger partial charge is 0.378 e. The van der Waals surface area contributed by atoms with Crippen molar-refractivity contribution in [3.8, 4) is 0 Å². The quantitative estimate of drug-likeness (QED) is 0.760. The molecular weight excluding hydrogens is 188 g/mol. The number of piperazine rings is 1. The molecule has 15 heavy (non-hydrogen) atoms. The summed E-state index contributed by atoms with van der Waals surface area (Å²) in [6, 6.07) is 0. The summed E-state index contributed by atoms with van der Waals surface area (Å²) in [5, 5.41) is 9.87. The molecule has 2 fully saturated rings. The molecule has 1 N–H and O–H groups in total. The lowest BCUT2D eigenvalue weighted by atomic mass is 10.1. The summed E-state index contributed by atoms with van der Waals surface area (Å²) in [6.07, 6.45) is 4.55. The Labute approximate surface area is 93.1 Å². The van der Waals surface area contributed by atoms with Gasteiger partial charge in [0.1, 0.15) is 6.23 Å². The lowest BCUT2D eigenvalue weighted by Gasteiger charge is -2.43. The van der Waals surface area contributed by atoms with Crippen molar-refractivity contribution in [3.05, 3.63) is 0 Å². The molecule has 1 saturated heterocycles. The predicted molar refractivity (Wildman–Crippen MR) is 61.7 cm³/mol. The first-order chi connectivity index (χ1) is 7.22. The van der Waals surface area contributed by atoms with Gasteiger partial charge in [-0.25, -0.2) is 0 Å². The number of hydrogen-bond acceptors (Lipinski definition) is 3. The zero-order chi connectivity index (χ0) is 10.9. The second-order valence-corrected chi connectivity index (χ2v) is 5.07. The number of aliphatic hydroxyl groups excluding tert-OH is 1. The zero-order valence-electron chi connectivity index (χ0n) is 10.1. The third kappa shape index (κ3) is 2.19. The van der Waals surface area contributed by atoms with E-state index in [1.807, 2.05) is 0 Å². The van der Waals surface area contributed by atoms with Crippen LogP contribution in [0.15, 0.2) is 0 Å². The summed E-state index contributed by atoms with van der Waals surface area (Å²) < 4.78 is 0. The fraction of sp³-hybridized carbons (Fsp3) is 1.00. The maximum Gasteiger partial charge on any atom is 0.107 e. The Morgan fingerprint density at radius 2 is 2.00 bits per heavy atom. The van der Waals surface area contributed by atoms with E-state index in [1.165, 1.54) is 25.8 Å². The van der Waals surface area contributed by atoms with Gasteiger partial charge in [-0.3, -0.25) is 9.80 Å². The van der Waals surface area contributed by atoms with Gasteiger partial charge in [0.25, 0.3) is 0 Å². The Kier molecular flexibility index (Phi) is 3.33. The van der Waals surface area contributed by atoms with Gasteiger partial charge in [0, 0.05) is 25.2 Å². The summed E-state index contributed by atoms with van der Waals surface area (Å²) in [4.78, 5) is 4.91. The smallest absolute Gasteiger partial charge is 0.107 e. The molecule has 1 spiro atoms. The van der Waals surface area contributed by atoms with E-state index in [0.717, 1.165) is 26.1 Å². The van der Waals surface area contributed by atoms with Crippen LogP contribution in [0.3, 0.4) is 0 Å². The highest BCUT2D eigenvalue weighted by molar-refractivity contribution is 5.08. The van der Waals surface area contributed by atoms with Crippen molar-refractivity contribution in [2.75, 3.05) is 26.2 Å². The average molecular weight is 212 g/mol. The minimum Gasteiger partial charge on any atom is -0.378 e. The molecule has 0 bridgehead atoms. The van der Waals surface area contributed by atoms with Crippen molar-refractivity contribution >= 4 is 0 Å². The minimum atomic E-state index is -0.216. The summed E-state index contributed by atoms with van der Waals surface area (Å²) in [7, 11) is 0. The van der Waals surface area contributed by atoms with Crippen LogP contribution in [0.1, 0.15) is 39.5 Å². The van der Waals surface area contributed by atoms with Gasteiger partial charge >= 0.3 is 0 Å². The third-order valence-corrected chi connectivity index (χ3v) is 3.93. The Morgan fingerprint density at radius 1 is 1.27 bits per heavy atom. The van der Waals surface area contributed by atoms with Crippen LogP contribution in [0.4, 0.5) is 0 Å². The van der Waals surface area contributed by atoms with E-state index < -0.39 is 0 Å². The SMILES string of the molecule is CCCN1CCN(C(O)CC)CC12CC2. The molecule has 3 nitrogen and oxygen atoms in total. The fourth-order valence-corrected chi connectivity index (χ4v) is 2.79. The Balaban J connectivity index is 1.93. The minimum absolute atomic E-state index is 0.216. The topological polar surface area (TPSA) is 26.7 Å². The van der Waals surface area contributed by atoms with E-state index in [0.29, 0.717) is 5.54 Å². The van der Waals surface area contributed by atoms with Crippen molar-refractivity contribution in [1.29, 1.82) is 0 Å². The molecule has 1 unspecified atom stereocenters. The lowest BCUT2D eigenvalue weighted by Crippen LogP contribution is -2.57. The summed E-state index contributed by atoms with van der Waals surface area (Å²) >= 11 is 0. The molecule has 2 rings (SSSR count). The first-order valence-corrected chi connectivity index (χ1v) is 6.39. The van der Waals surface area contributed by atoms with E-state index in [9.17, 15) is 5.11 Å². The van der Waals surface area contributed by atoms with Crippen molar-refractivity contribution < 1.29 is 5.11 Å². The third-order valence-electron chi connectivity index (χ3n) is 3.93. The van der Waals surface area contributed by atoms with Crippen LogP contribution in [0.5, 0.6) is 0 Å². The lowest BCUT2D eigenvalue weighted by molar-refractivity contribution is -0.0529. The molecule has 1 aliphatic carbocycles. The zero-order valence-corrected chi connectivity index (χ0v) is 10.1. The maximum atomic E-state index is 9.87.